The number of nitro benzene ring substituents is 1. The number of nitro groups is 1. The van der Waals surface area contributed by atoms with Gasteiger partial charge in [-0.05, 0) is 30.3 Å². The summed E-state index contributed by atoms with van der Waals surface area (Å²) in [6.45, 7) is 1.35. The Morgan fingerprint density at radius 3 is 2.40 bits per heavy atom. The lowest BCUT2D eigenvalue weighted by Gasteiger charge is -2.14. The number of benzene rings is 2. The number of ether oxygens (including phenoxy) is 2. The van der Waals surface area contributed by atoms with E-state index < -0.39 is 11.0 Å². The summed E-state index contributed by atoms with van der Waals surface area (Å²) in [7, 11) is 0. The zero-order valence-corrected chi connectivity index (χ0v) is 13.5. The fraction of sp³-hybridized carbons (Fsp3) is 0.235. The Bertz CT molecular complexity index is 732. The van der Waals surface area contributed by atoms with Crippen LogP contribution in [0.25, 0.3) is 0 Å². The summed E-state index contributed by atoms with van der Waals surface area (Å²) in [4.78, 5) is 21.1. The standard InChI is InChI=1S/C17H18N2O6/c1-12(20)18-13-5-7-16(8-6-13)24-10-15(21)11-25-17-4-2-3-14(9-17)19(22)23/h2-9,15,21H,10-11H2,1H3,(H,18,20)/t15-/m1/s1. The molecular formula is C17H18N2O6. The lowest BCUT2D eigenvalue weighted by Crippen LogP contribution is -2.25. The van der Waals surface area contributed by atoms with E-state index in [-0.39, 0.29) is 24.8 Å². The number of carbonyl (C=O) groups is 1. The lowest BCUT2D eigenvalue weighted by molar-refractivity contribution is -0.384. The number of aliphatic hydroxyl groups is 1. The quantitative estimate of drug-likeness (QED) is 0.561. The first kappa shape index (κ1) is 18.2. The number of hydrogen-bond acceptors (Lipinski definition) is 6. The fourth-order valence-electron chi connectivity index (χ4n) is 1.96. The molecule has 0 aliphatic carbocycles. The molecule has 0 saturated heterocycles. The predicted octanol–water partition coefficient (Wildman–Crippen LogP) is 2.37. The molecule has 132 valence electrons. The van der Waals surface area contributed by atoms with Gasteiger partial charge in [0, 0.05) is 18.7 Å². The minimum absolute atomic E-state index is 0.00555. The minimum atomic E-state index is -0.908. The summed E-state index contributed by atoms with van der Waals surface area (Å²) in [5.74, 6) is 0.666. The number of non-ortho nitro benzene ring substituents is 1. The van der Waals surface area contributed by atoms with Crippen molar-refractivity contribution in [2.45, 2.75) is 13.0 Å². The van der Waals surface area contributed by atoms with E-state index in [9.17, 15) is 20.0 Å². The summed E-state index contributed by atoms with van der Waals surface area (Å²) in [6, 6.07) is 12.4. The van der Waals surface area contributed by atoms with E-state index in [2.05, 4.69) is 5.32 Å². The molecule has 0 unspecified atom stereocenters. The lowest BCUT2D eigenvalue weighted by atomic mass is 10.3. The smallest absolute Gasteiger partial charge is 0.273 e. The highest BCUT2D eigenvalue weighted by atomic mass is 16.6. The molecule has 8 heteroatoms. The monoisotopic (exact) mass is 346 g/mol. The highest BCUT2D eigenvalue weighted by Gasteiger charge is 2.10. The molecule has 0 fully saturated rings. The van der Waals surface area contributed by atoms with Gasteiger partial charge in [0.2, 0.25) is 5.91 Å². The number of aliphatic hydroxyl groups excluding tert-OH is 1. The van der Waals surface area contributed by atoms with E-state index in [4.69, 9.17) is 9.47 Å². The van der Waals surface area contributed by atoms with Crippen molar-refractivity contribution in [3.8, 4) is 11.5 Å². The first-order valence-electron chi connectivity index (χ1n) is 7.50. The van der Waals surface area contributed by atoms with Crippen LogP contribution in [0, 0.1) is 10.1 Å². The maximum absolute atomic E-state index is 10.9. The van der Waals surface area contributed by atoms with E-state index in [1.165, 1.54) is 25.1 Å². The van der Waals surface area contributed by atoms with E-state index in [1.54, 1.807) is 30.3 Å². The van der Waals surface area contributed by atoms with Gasteiger partial charge in [-0.25, -0.2) is 0 Å². The molecule has 0 saturated carbocycles. The maximum Gasteiger partial charge on any atom is 0.273 e. The zero-order valence-electron chi connectivity index (χ0n) is 13.5. The van der Waals surface area contributed by atoms with E-state index in [0.29, 0.717) is 17.2 Å². The Hall–Kier alpha value is -3.13. The average molecular weight is 346 g/mol. The van der Waals surface area contributed by atoms with Crippen molar-refractivity contribution in [2.75, 3.05) is 18.5 Å². The first-order chi connectivity index (χ1) is 11.9. The summed E-state index contributed by atoms with van der Waals surface area (Å²) in [5, 5.41) is 23.2. The molecule has 0 radical (unpaired) electrons. The molecule has 2 rings (SSSR count). The topological polar surface area (TPSA) is 111 Å². The molecule has 2 N–H and O–H groups in total. The van der Waals surface area contributed by atoms with Gasteiger partial charge in [0.25, 0.3) is 5.69 Å². The van der Waals surface area contributed by atoms with Crippen molar-refractivity contribution in [1.29, 1.82) is 0 Å². The van der Waals surface area contributed by atoms with Crippen LogP contribution in [0.4, 0.5) is 11.4 Å². The number of anilines is 1. The van der Waals surface area contributed by atoms with Crippen LogP contribution in [0.15, 0.2) is 48.5 Å². The molecule has 0 spiro atoms. The summed E-state index contributed by atoms with van der Waals surface area (Å²) in [5.41, 5.74) is 0.567. The molecule has 2 aromatic carbocycles. The Labute approximate surface area is 144 Å². The molecule has 0 aromatic heterocycles. The van der Waals surface area contributed by atoms with Crippen molar-refractivity contribution in [3.63, 3.8) is 0 Å². The highest BCUT2D eigenvalue weighted by molar-refractivity contribution is 5.88. The normalized spacial score (nSPS) is 11.4. The summed E-state index contributed by atoms with van der Waals surface area (Å²) in [6.07, 6.45) is -0.908. The number of nitrogens with zero attached hydrogens (tertiary/aromatic N) is 1. The second-order valence-electron chi connectivity index (χ2n) is 5.24. The third kappa shape index (κ3) is 6.11. The Morgan fingerprint density at radius 1 is 1.16 bits per heavy atom. The van der Waals surface area contributed by atoms with E-state index in [0.717, 1.165) is 0 Å². The molecule has 0 bridgehead atoms. The number of nitrogens with one attached hydrogen (secondary N) is 1. The summed E-state index contributed by atoms with van der Waals surface area (Å²) < 4.78 is 10.8. The van der Waals surface area contributed by atoms with Gasteiger partial charge in [0.15, 0.2) is 0 Å². The molecule has 8 nitrogen and oxygen atoms in total. The maximum atomic E-state index is 10.9. The van der Waals surface area contributed by atoms with Crippen LogP contribution in [0.1, 0.15) is 6.92 Å². The Kier molecular flexibility index (Phi) is 6.30. The van der Waals surface area contributed by atoms with Gasteiger partial charge >= 0.3 is 0 Å². The molecule has 2 aromatic rings. The Balaban J connectivity index is 1.78. The summed E-state index contributed by atoms with van der Waals surface area (Å²) >= 11 is 0. The molecule has 0 aliphatic rings. The largest absolute Gasteiger partial charge is 0.491 e. The van der Waals surface area contributed by atoms with Crippen LogP contribution in [-0.2, 0) is 4.79 Å². The average Bonchev–Trinajstić information content (AvgIpc) is 2.59. The van der Waals surface area contributed by atoms with Crippen LogP contribution < -0.4 is 14.8 Å². The third-order valence-corrected chi connectivity index (χ3v) is 3.09. The second-order valence-corrected chi connectivity index (χ2v) is 5.24. The van der Waals surface area contributed by atoms with E-state index in [1.807, 2.05) is 0 Å². The third-order valence-electron chi connectivity index (χ3n) is 3.09. The van der Waals surface area contributed by atoms with E-state index >= 15 is 0 Å². The van der Waals surface area contributed by atoms with Crippen LogP contribution >= 0.6 is 0 Å². The molecule has 25 heavy (non-hydrogen) atoms. The van der Waals surface area contributed by atoms with Crippen molar-refractivity contribution in [3.05, 3.63) is 58.6 Å². The van der Waals surface area contributed by atoms with Gasteiger partial charge in [0.1, 0.15) is 30.8 Å². The zero-order chi connectivity index (χ0) is 18.2. The number of carbonyl (C=O) groups excluding carboxylic acids is 1. The molecule has 1 atom stereocenters. The van der Waals surface area contributed by atoms with Crippen molar-refractivity contribution < 1.29 is 24.3 Å². The van der Waals surface area contributed by atoms with Gasteiger partial charge in [-0.2, -0.15) is 0 Å². The molecule has 1 amide bonds. The van der Waals surface area contributed by atoms with Gasteiger partial charge in [-0.3, -0.25) is 14.9 Å². The predicted molar refractivity (Wildman–Crippen MR) is 90.8 cm³/mol. The van der Waals surface area contributed by atoms with Crippen LogP contribution in [0.2, 0.25) is 0 Å². The fourth-order valence-corrected chi connectivity index (χ4v) is 1.96. The molecular weight excluding hydrogens is 328 g/mol. The first-order valence-corrected chi connectivity index (χ1v) is 7.50. The number of rotatable bonds is 8. The highest BCUT2D eigenvalue weighted by Crippen LogP contribution is 2.19. The van der Waals surface area contributed by atoms with Crippen LogP contribution in [0.3, 0.4) is 0 Å². The number of hydrogen-bond donors (Lipinski definition) is 2. The Morgan fingerprint density at radius 2 is 1.80 bits per heavy atom. The second kappa shape index (κ2) is 8.65. The van der Waals surface area contributed by atoms with Crippen LogP contribution in [-0.4, -0.2) is 35.3 Å². The van der Waals surface area contributed by atoms with Crippen LogP contribution in [0.5, 0.6) is 11.5 Å². The molecule has 0 heterocycles. The number of amides is 1. The van der Waals surface area contributed by atoms with Crippen molar-refractivity contribution in [2.24, 2.45) is 0 Å². The van der Waals surface area contributed by atoms with Gasteiger partial charge < -0.3 is 19.9 Å². The SMILES string of the molecule is CC(=O)Nc1ccc(OC[C@@H](O)COc2cccc([N+](=O)[O-])c2)cc1. The van der Waals surface area contributed by atoms with Gasteiger partial charge in [-0.1, -0.05) is 6.07 Å². The van der Waals surface area contributed by atoms with Gasteiger partial charge in [-0.15, -0.1) is 0 Å². The molecule has 0 aliphatic heterocycles. The van der Waals surface area contributed by atoms with Gasteiger partial charge in [0.05, 0.1) is 11.0 Å². The minimum Gasteiger partial charge on any atom is -0.491 e. The van der Waals surface area contributed by atoms with Crippen molar-refractivity contribution in [1.82, 2.24) is 0 Å². The van der Waals surface area contributed by atoms with Crippen molar-refractivity contribution >= 4 is 17.3 Å².